The second-order valence-electron chi connectivity index (χ2n) is 4.54. The molecule has 1 aromatic heterocycles. The van der Waals surface area contributed by atoms with Gasteiger partial charge in [-0.05, 0) is 25.1 Å². The Hall–Kier alpha value is -2.89. The van der Waals surface area contributed by atoms with Crippen molar-refractivity contribution in [2.45, 2.75) is 6.92 Å². The number of benzene rings is 1. The number of ether oxygens (including phenoxy) is 1. The summed E-state index contributed by atoms with van der Waals surface area (Å²) in [7, 11) is 1.55. The molecule has 6 nitrogen and oxygen atoms in total. The second kappa shape index (κ2) is 7.21. The van der Waals surface area contributed by atoms with E-state index in [0.29, 0.717) is 29.6 Å². The fourth-order valence-corrected chi connectivity index (χ4v) is 1.86. The number of methoxy groups -OCH3 is 1. The van der Waals surface area contributed by atoms with Crippen LogP contribution >= 0.6 is 0 Å². The number of nitrogens with one attached hydrogen (secondary N) is 2. The van der Waals surface area contributed by atoms with Crippen molar-refractivity contribution in [3.8, 4) is 5.75 Å². The normalized spacial score (nSPS) is 9.91. The largest absolute Gasteiger partial charge is 0.495 e. The molecule has 114 valence electrons. The number of carbonyl (C=O) groups is 1. The van der Waals surface area contributed by atoms with Gasteiger partial charge in [0.1, 0.15) is 11.4 Å². The quantitative estimate of drug-likeness (QED) is 0.802. The summed E-state index contributed by atoms with van der Waals surface area (Å²) in [6.07, 6.45) is 1.69. The molecule has 1 heterocycles. The molecular weight excluding hydrogens is 280 g/mol. The highest BCUT2D eigenvalue weighted by Gasteiger charge is 2.12. The molecule has 1 amide bonds. The van der Waals surface area contributed by atoms with Gasteiger partial charge in [0.15, 0.2) is 0 Å². The zero-order valence-electron chi connectivity index (χ0n) is 12.6. The highest BCUT2D eigenvalue weighted by atomic mass is 16.5. The van der Waals surface area contributed by atoms with Crippen molar-refractivity contribution in [1.29, 1.82) is 0 Å². The van der Waals surface area contributed by atoms with E-state index >= 15 is 0 Å². The van der Waals surface area contributed by atoms with E-state index in [1.165, 1.54) is 0 Å². The molecule has 1 aromatic carbocycles. The van der Waals surface area contributed by atoms with Gasteiger partial charge in [0.25, 0.3) is 5.91 Å². The molecule has 22 heavy (non-hydrogen) atoms. The van der Waals surface area contributed by atoms with Crippen molar-refractivity contribution in [2.24, 2.45) is 0 Å². The maximum absolute atomic E-state index is 12.4. The number of carbonyl (C=O) groups excluding carboxylic acids is 1. The Morgan fingerprint density at radius 2 is 2.14 bits per heavy atom. The lowest BCUT2D eigenvalue weighted by molar-refractivity contribution is 0.102. The molecule has 0 saturated carbocycles. The SMILES string of the molecule is C=CCNc1nc(C)cc(C(=O)Nc2ccccc2OC)n1. The van der Waals surface area contributed by atoms with Crippen molar-refractivity contribution in [3.63, 3.8) is 0 Å². The van der Waals surface area contributed by atoms with Crippen LogP contribution in [-0.2, 0) is 0 Å². The lowest BCUT2D eigenvalue weighted by atomic mass is 10.2. The maximum atomic E-state index is 12.4. The Morgan fingerprint density at radius 3 is 2.86 bits per heavy atom. The minimum absolute atomic E-state index is 0.282. The van der Waals surface area contributed by atoms with Gasteiger partial charge in [0.2, 0.25) is 5.95 Å². The molecule has 0 radical (unpaired) electrons. The number of aromatic nitrogens is 2. The van der Waals surface area contributed by atoms with E-state index in [9.17, 15) is 4.79 Å². The second-order valence-corrected chi connectivity index (χ2v) is 4.54. The number of hydrogen-bond acceptors (Lipinski definition) is 5. The lowest BCUT2D eigenvalue weighted by Crippen LogP contribution is -2.16. The summed E-state index contributed by atoms with van der Waals surface area (Å²) in [6, 6.07) is 8.82. The van der Waals surface area contributed by atoms with Crippen LogP contribution in [0.25, 0.3) is 0 Å². The van der Waals surface area contributed by atoms with Crippen LogP contribution in [0.5, 0.6) is 5.75 Å². The van der Waals surface area contributed by atoms with Crippen molar-refractivity contribution >= 4 is 17.5 Å². The van der Waals surface area contributed by atoms with Gasteiger partial charge >= 0.3 is 0 Å². The van der Waals surface area contributed by atoms with Gasteiger partial charge < -0.3 is 15.4 Å². The van der Waals surface area contributed by atoms with Crippen molar-refractivity contribution < 1.29 is 9.53 Å². The molecule has 0 aliphatic carbocycles. The monoisotopic (exact) mass is 298 g/mol. The Bertz CT molecular complexity index is 686. The molecule has 0 saturated heterocycles. The molecule has 0 unspecified atom stereocenters. The molecule has 6 heteroatoms. The van der Waals surface area contributed by atoms with Crippen molar-refractivity contribution in [3.05, 3.63) is 54.4 Å². The molecule has 2 N–H and O–H groups in total. The molecule has 0 aliphatic heterocycles. The number of aryl methyl sites for hydroxylation is 1. The summed E-state index contributed by atoms with van der Waals surface area (Å²) in [6.45, 7) is 5.95. The summed E-state index contributed by atoms with van der Waals surface area (Å²) in [4.78, 5) is 20.8. The first kappa shape index (κ1) is 15.5. The van der Waals surface area contributed by atoms with E-state index in [1.54, 1.807) is 38.3 Å². The minimum Gasteiger partial charge on any atom is -0.495 e. The highest BCUT2D eigenvalue weighted by Crippen LogP contribution is 2.23. The Morgan fingerprint density at radius 1 is 1.36 bits per heavy atom. The third-order valence-corrected chi connectivity index (χ3v) is 2.85. The smallest absolute Gasteiger partial charge is 0.274 e. The van der Waals surface area contributed by atoms with E-state index in [-0.39, 0.29) is 11.6 Å². The third-order valence-electron chi connectivity index (χ3n) is 2.85. The number of rotatable bonds is 6. The van der Waals surface area contributed by atoms with E-state index in [1.807, 2.05) is 12.1 Å². The van der Waals surface area contributed by atoms with Crippen LogP contribution in [0.4, 0.5) is 11.6 Å². The van der Waals surface area contributed by atoms with Crippen LogP contribution in [0.1, 0.15) is 16.2 Å². The molecule has 0 spiro atoms. The van der Waals surface area contributed by atoms with Crippen LogP contribution in [0.2, 0.25) is 0 Å². The van der Waals surface area contributed by atoms with Gasteiger partial charge in [0, 0.05) is 12.2 Å². The van der Waals surface area contributed by atoms with E-state index in [4.69, 9.17) is 4.74 Å². The van der Waals surface area contributed by atoms with Crippen molar-refractivity contribution in [2.75, 3.05) is 24.3 Å². The summed E-state index contributed by atoms with van der Waals surface area (Å²) in [5.74, 6) is 0.661. The average molecular weight is 298 g/mol. The fourth-order valence-electron chi connectivity index (χ4n) is 1.86. The summed E-state index contributed by atoms with van der Waals surface area (Å²) in [5, 5.41) is 5.76. The maximum Gasteiger partial charge on any atom is 0.274 e. The Balaban J connectivity index is 2.22. The number of amides is 1. The van der Waals surface area contributed by atoms with Crippen LogP contribution < -0.4 is 15.4 Å². The lowest BCUT2D eigenvalue weighted by Gasteiger charge is -2.10. The number of para-hydroxylation sites is 2. The van der Waals surface area contributed by atoms with Gasteiger partial charge in [-0.2, -0.15) is 0 Å². The summed E-state index contributed by atoms with van der Waals surface area (Å²) < 4.78 is 5.21. The van der Waals surface area contributed by atoms with Gasteiger partial charge in [0.05, 0.1) is 12.8 Å². The zero-order chi connectivity index (χ0) is 15.9. The van der Waals surface area contributed by atoms with Gasteiger partial charge in [-0.1, -0.05) is 18.2 Å². The number of nitrogens with zero attached hydrogens (tertiary/aromatic N) is 2. The van der Waals surface area contributed by atoms with E-state index in [0.717, 1.165) is 0 Å². The first-order chi connectivity index (χ1) is 10.6. The standard InChI is InChI=1S/C16H18N4O2/c1-4-9-17-16-18-11(2)10-13(20-16)15(21)19-12-7-5-6-8-14(12)22-3/h4-8,10H,1,9H2,2-3H3,(H,19,21)(H,17,18,20). The number of hydrogen-bond donors (Lipinski definition) is 2. The van der Waals surface area contributed by atoms with Crippen LogP contribution in [-0.4, -0.2) is 29.5 Å². The number of anilines is 2. The van der Waals surface area contributed by atoms with Gasteiger partial charge in [-0.25, -0.2) is 9.97 Å². The molecular formula is C16H18N4O2. The first-order valence-corrected chi connectivity index (χ1v) is 6.79. The van der Waals surface area contributed by atoms with Gasteiger partial charge in [-0.3, -0.25) is 4.79 Å². The molecule has 0 atom stereocenters. The minimum atomic E-state index is -0.323. The van der Waals surface area contributed by atoms with Crippen LogP contribution in [0.3, 0.4) is 0 Å². The van der Waals surface area contributed by atoms with E-state index < -0.39 is 0 Å². The summed E-state index contributed by atoms with van der Waals surface area (Å²) >= 11 is 0. The molecule has 0 aliphatic rings. The first-order valence-electron chi connectivity index (χ1n) is 6.79. The predicted molar refractivity (Wildman–Crippen MR) is 86.4 cm³/mol. The Labute approximate surface area is 129 Å². The molecule has 0 bridgehead atoms. The zero-order valence-corrected chi connectivity index (χ0v) is 12.6. The topological polar surface area (TPSA) is 76.1 Å². The average Bonchev–Trinajstić information content (AvgIpc) is 2.53. The molecule has 0 fully saturated rings. The molecule has 2 rings (SSSR count). The van der Waals surface area contributed by atoms with Gasteiger partial charge in [-0.15, -0.1) is 6.58 Å². The Kier molecular flexibility index (Phi) is 5.08. The highest BCUT2D eigenvalue weighted by molar-refractivity contribution is 6.03. The molecule has 2 aromatic rings. The third kappa shape index (κ3) is 3.82. The van der Waals surface area contributed by atoms with E-state index in [2.05, 4.69) is 27.2 Å². The van der Waals surface area contributed by atoms with Crippen LogP contribution in [0, 0.1) is 6.92 Å². The van der Waals surface area contributed by atoms with Crippen molar-refractivity contribution in [1.82, 2.24) is 9.97 Å². The fraction of sp³-hybridized carbons (Fsp3) is 0.188. The summed E-state index contributed by atoms with van der Waals surface area (Å²) in [5.41, 5.74) is 1.57. The predicted octanol–water partition coefficient (Wildman–Crippen LogP) is 2.64. The van der Waals surface area contributed by atoms with Crippen LogP contribution in [0.15, 0.2) is 43.0 Å².